The lowest BCUT2D eigenvalue weighted by molar-refractivity contribution is -0.138. The maximum Gasteiger partial charge on any atom is 0.326 e. The van der Waals surface area contributed by atoms with Crippen LogP contribution in [0.1, 0.15) is 0 Å². The number of carbonyl (C=O) groups is 1. The molecule has 1 rings (SSSR count). The number of sulfonamides is 1. The van der Waals surface area contributed by atoms with Gasteiger partial charge >= 0.3 is 5.97 Å². The summed E-state index contributed by atoms with van der Waals surface area (Å²) in [6.45, 7) is -0.611. The van der Waals surface area contributed by atoms with Crippen LogP contribution in [-0.4, -0.2) is 34.3 Å². The smallest absolute Gasteiger partial charge is 0.326 e. The molecular weight excluding hydrogens is 268 g/mol. The van der Waals surface area contributed by atoms with Crippen molar-refractivity contribution in [3.05, 3.63) is 29.8 Å². The molecule has 5 nitrogen and oxygen atoms in total. The third kappa shape index (κ3) is 3.39. The molecule has 0 fully saturated rings. The van der Waals surface area contributed by atoms with E-state index in [9.17, 15) is 22.0 Å². The molecule has 0 saturated carbocycles. The van der Waals surface area contributed by atoms with Crippen molar-refractivity contribution in [3.8, 4) is 0 Å². The quantitative estimate of drug-likeness (QED) is 0.768. The predicted molar refractivity (Wildman–Crippen MR) is 60.6 cm³/mol. The first-order valence-corrected chi connectivity index (χ1v) is 6.60. The second kappa shape index (κ2) is 5.30. The monoisotopic (exact) mass is 279 g/mol. The highest BCUT2D eigenvalue weighted by Crippen LogP contribution is 2.20. The molecule has 0 aliphatic rings. The number of carbonyl (C=O) groups excluding carboxylic acids is 1. The first-order valence-electron chi connectivity index (χ1n) is 4.75. The number of halogens is 2. The first-order chi connectivity index (χ1) is 8.25. The molecule has 0 aliphatic carbocycles. The molecule has 8 heteroatoms. The molecule has 1 aromatic carbocycles. The van der Waals surface area contributed by atoms with Crippen molar-refractivity contribution < 1.29 is 26.7 Å². The van der Waals surface area contributed by atoms with Crippen LogP contribution < -0.4 is 4.31 Å². The van der Waals surface area contributed by atoms with Gasteiger partial charge in [-0.05, 0) is 12.1 Å². The molecule has 0 atom stereocenters. The van der Waals surface area contributed by atoms with Crippen LogP contribution in [0.2, 0.25) is 0 Å². The Morgan fingerprint density at radius 1 is 1.33 bits per heavy atom. The molecule has 100 valence electrons. The van der Waals surface area contributed by atoms with E-state index in [1.165, 1.54) is 0 Å². The number of benzene rings is 1. The Balaban J connectivity index is 3.18. The van der Waals surface area contributed by atoms with E-state index in [1.54, 1.807) is 0 Å². The standard InChI is InChI=1S/C10H11F2NO4S/c1-17-10(14)6-13(18(2,15)16)7-3-4-8(11)9(12)5-7/h3-5H,6H2,1-2H3. The third-order valence-corrected chi connectivity index (χ3v) is 3.23. The van der Waals surface area contributed by atoms with Crippen molar-refractivity contribution in [3.63, 3.8) is 0 Å². The minimum atomic E-state index is -3.81. The Morgan fingerprint density at radius 2 is 1.94 bits per heavy atom. The van der Waals surface area contributed by atoms with E-state index in [2.05, 4.69) is 4.74 Å². The van der Waals surface area contributed by atoms with Crippen LogP contribution in [-0.2, 0) is 19.6 Å². The van der Waals surface area contributed by atoms with Crippen LogP contribution in [0.4, 0.5) is 14.5 Å². The zero-order chi connectivity index (χ0) is 13.9. The number of nitrogens with zero attached hydrogens (tertiary/aromatic N) is 1. The lowest BCUT2D eigenvalue weighted by atomic mass is 10.3. The van der Waals surface area contributed by atoms with E-state index in [0.717, 1.165) is 25.5 Å². The number of rotatable bonds is 4. The number of hydrogen-bond donors (Lipinski definition) is 0. The second-order valence-electron chi connectivity index (χ2n) is 3.44. The van der Waals surface area contributed by atoms with Gasteiger partial charge in [0.2, 0.25) is 10.0 Å². The highest BCUT2D eigenvalue weighted by atomic mass is 32.2. The zero-order valence-corrected chi connectivity index (χ0v) is 10.5. The summed E-state index contributed by atoms with van der Waals surface area (Å²) in [7, 11) is -2.72. The number of esters is 1. The van der Waals surface area contributed by atoms with E-state index in [4.69, 9.17) is 0 Å². The highest BCUT2D eigenvalue weighted by molar-refractivity contribution is 7.92. The first kappa shape index (κ1) is 14.4. The fraction of sp³-hybridized carbons (Fsp3) is 0.300. The summed E-state index contributed by atoms with van der Waals surface area (Å²) in [5.74, 6) is -3.12. The number of methoxy groups -OCH3 is 1. The number of ether oxygens (including phenoxy) is 1. The van der Waals surface area contributed by atoms with Crippen molar-refractivity contribution in [2.24, 2.45) is 0 Å². The minimum Gasteiger partial charge on any atom is -0.468 e. The summed E-state index contributed by atoms with van der Waals surface area (Å²) in [5.41, 5.74) is -0.151. The molecule has 18 heavy (non-hydrogen) atoms. The number of anilines is 1. The van der Waals surface area contributed by atoms with Gasteiger partial charge in [-0.15, -0.1) is 0 Å². The van der Waals surface area contributed by atoms with Crippen LogP contribution in [0, 0.1) is 11.6 Å². The summed E-state index contributed by atoms with van der Waals surface area (Å²) in [6.07, 6.45) is 0.844. The van der Waals surface area contributed by atoms with Gasteiger partial charge in [-0.25, -0.2) is 17.2 Å². The molecule has 0 aromatic heterocycles. The Kier molecular flexibility index (Phi) is 4.23. The summed E-state index contributed by atoms with van der Waals surface area (Å²) >= 11 is 0. The van der Waals surface area contributed by atoms with Gasteiger partial charge in [0.15, 0.2) is 11.6 Å². The van der Waals surface area contributed by atoms with Gasteiger partial charge in [0, 0.05) is 6.07 Å². The molecule has 0 saturated heterocycles. The molecule has 0 heterocycles. The molecule has 1 aromatic rings. The van der Waals surface area contributed by atoms with Gasteiger partial charge in [0.05, 0.1) is 19.1 Å². The van der Waals surface area contributed by atoms with Crippen LogP contribution in [0.15, 0.2) is 18.2 Å². The lowest BCUT2D eigenvalue weighted by Crippen LogP contribution is -2.35. The van der Waals surface area contributed by atoms with Gasteiger partial charge < -0.3 is 4.74 Å². The van der Waals surface area contributed by atoms with Crippen LogP contribution in [0.5, 0.6) is 0 Å². The Morgan fingerprint density at radius 3 is 2.39 bits per heavy atom. The zero-order valence-electron chi connectivity index (χ0n) is 9.68. The SMILES string of the molecule is COC(=O)CN(c1ccc(F)c(F)c1)S(C)(=O)=O. The normalized spacial score (nSPS) is 11.1. The van der Waals surface area contributed by atoms with E-state index in [0.29, 0.717) is 10.4 Å². The van der Waals surface area contributed by atoms with E-state index in [-0.39, 0.29) is 5.69 Å². The molecule has 0 bridgehead atoms. The number of hydrogen-bond acceptors (Lipinski definition) is 4. The van der Waals surface area contributed by atoms with Gasteiger partial charge in [0.25, 0.3) is 0 Å². The lowest BCUT2D eigenvalue weighted by Gasteiger charge is -2.20. The maximum atomic E-state index is 13.0. The molecule has 0 radical (unpaired) electrons. The van der Waals surface area contributed by atoms with Gasteiger partial charge in [-0.3, -0.25) is 9.10 Å². The van der Waals surface area contributed by atoms with Crippen molar-refractivity contribution in [2.75, 3.05) is 24.2 Å². The van der Waals surface area contributed by atoms with Crippen LogP contribution in [0.3, 0.4) is 0 Å². The Hall–Kier alpha value is -1.70. The van der Waals surface area contributed by atoms with Crippen LogP contribution in [0.25, 0.3) is 0 Å². The van der Waals surface area contributed by atoms with E-state index >= 15 is 0 Å². The second-order valence-corrected chi connectivity index (χ2v) is 5.35. The third-order valence-electron chi connectivity index (χ3n) is 2.09. The summed E-state index contributed by atoms with van der Waals surface area (Å²) in [4.78, 5) is 11.1. The van der Waals surface area contributed by atoms with E-state index in [1.807, 2.05) is 0 Å². The van der Waals surface area contributed by atoms with Gasteiger partial charge in [-0.1, -0.05) is 0 Å². The molecular formula is C10H11F2NO4S. The maximum absolute atomic E-state index is 13.0. The molecule has 0 aliphatic heterocycles. The van der Waals surface area contributed by atoms with Gasteiger partial charge in [-0.2, -0.15) is 0 Å². The van der Waals surface area contributed by atoms with Crippen molar-refractivity contribution in [1.82, 2.24) is 0 Å². The molecule has 0 spiro atoms. The molecule has 0 unspecified atom stereocenters. The molecule has 0 amide bonds. The summed E-state index contributed by atoms with van der Waals surface area (Å²) in [5, 5.41) is 0. The fourth-order valence-corrected chi connectivity index (χ4v) is 2.06. The van der Waals surface area contributed by atoms with Crippen molar-refractivity contribution in [2.45, 2.75) is 0 Å². The largest absolute Gasteiger partial charge is 0.468 e. The highest BCUT2D eigenvalue weighted by Gasteiger charge is 2.22. The Labute approximate surface area is 103 Å². The fourth-order valence-electron chi connectivity index (χ4n) is 1.22. The average Bonchev–Trinajstić information content (AvgIpc) is 2.28. The summed E-state index contributed by atoms with van der Waals surface area (Å²) in [6, 6.07) is 2.53. The average molecular weight is 279 g/mol. The van der Waals surface area contributed by atoms with Crippen molar-refractivity contribution >= 4 is 21.7 Å². The minimum absolute atomic E-state index is 0.151. The summed E-state index contributed by atoms with van der Waals surface area (Å²) < 4.78 is 53.7. The predicted octanol–water partition coefficient (Wildman–Crippen LogP) is 0.904. The van der Waals surface area contributed by atoms with Crippen molar-refractivity contribution in [1.29, 1.82) is 0 Å². The topological polar surface area (TPSA) is 63.7 Å². The Bertz CT molecular complexity index is 559. The van der Waals surface area contributed by atoms with E-state index < -0.39 is 34.2 Å². The van der Waals surface area contributed by atoms with Gasteiger partial charge in [0.1, 0.15) is 6.54 Å². The molecule has 0 N–H and O–H groups in total. The van der Waals surface area contributed by atoms with Crippen LogP contribution >= 0.6 is 0 Å².